The molecule has 0 N–H and O–H groups in total. The zero-order chi connectivity index (χ0) is 9.47. The largest absolute Gasteiger partial charge is 0.369 e. The molecule has 1 aliphatic heterocycles. The van der Waals surface area contributed by atoms with Crippen molar-refractivity contribution in [2.75, 3.05) is 6.61 Å². The van der Waals surface area contributed by atoms with Crippen LogP contribution >= 0.6 is 0 Å². The van der Waals surface area contributed by atoms with Crippen LogP contribution in [-0.2, 0) is 4.74 Å². The molecule has 0 saturated carbocycles. The Hall–Kier alpha value is -0.890. The number of epoxide rings is 1. The second-order valence-corrected chi connectivity index (χ2v) is 3.87. The van der Waals surface area contributed by atoms with Gasteiger partial charge in [-0.3, -0.25) is 0 Å². The topological polar surface area (TPSA) is 12.5 Å². The van der Waals surface area contributed by atoms with E-state index in [1.165, 1.54) is 12.1 Å². The van der Waals surface area contributed by atoms with Gasteiger partial charge >= 0.3 is 0 Å². The van der Waals surface area contributed by atoms with Crippen LogP contribution in [0.3, 0.4) is 0 Å². The predicted molar refractivity (Wildman–Crippen MR) is 49.2 cm³/mol. The van der Waals surface area contributed by atoms with E-state index in [0.29, 0.717) is 5.92 Å². The number of halogens is 1. The van der Waals surface area contributed by atoms with E-state index in [-0.39, 0.29) is 11.4 Å². The molecule has 0 aromatic heterocycles. The van der Waals surface area contributed by atoms with Crippen LogP contribution in [0.5, 0.6) is 0 Å². The Labute approximate surface area is 77.5 Å². The molecule has 2 heteroatoms. The lowest BCUT2D eigenvalue weighted by Crippen LogP contribution is -2.14. The fourth-order valence-corrected chi connectivity index (χ4v) is 1.47. The van der Waals surface area contributed by atoms with E-state index < -0.39 is 0 Å². The molecule has 0 amide bonds. The maximum absolute atomic E-state index is 12.6. The van der Waals surface area contributed by atoms with Gasteiger partial charge in [0.05, 0.1) is 12.2 Å². The summed E-state index contributed by atoms with van der Waals surface area (Å²) in [6.07, 6.45) is 0. The molecule has 2 rings (SSSR count). The highest BCUT2D eigenvalue weighted by Gasteiger charge is 2.45. The van der Waals surface area contributed by atoms with E-state index in [4.69, 9.17) is 4.74 Å². The van der Waals surface area contributed by atoms with E-state index >= 15 is 0 Å². The highest BCUT2D eigenvalue weighted by atomic mass is 19.1. The molecule has 0 radical (unpaired) electrons. The van der Waals surface area contributed by atoms with Crippen LogP contribution in [0, 0.1) is 5.82 Å². The van der Waals surface area contributed by atoms with E-state index in [2.05, 4.69) is 13.8 Å². The average Bonchev–Trinajstić information content (AvgIpc) is 2.85. The van der Waals surface area contributed by atoms with Gasteiger partial charge in [0, 0.05) is 5.92 Å². The van der Waals surface area contributed by atoms with Gasteiger partial charge in [-0.25, -0.2) is 4.39 Å². The first-order valence-electron chi connectivity index (χ1n) is 4.51. The lowest BCUT2D eigenvalue weighted by molar-refractivity contribution is 0.290. The summed E-state index contributed by atoms with van der Waals surface area (Å²) < 4.78 is 18.0. The van der Waals surface area contributed by atoms with Crippen LogP contribution in [0.25, 0.3) is 0 Å². The molecule has 1 aliphatic rings. The molecule has 0 bridgehead atoms. The molecule has 1 heterocycles. The third-order valence-electron chi connectivity index (χ3n) is 2.89. The van der Waals surface area contributed by atoms with Gasteiger partial charge in [0.1, 0.15) is 5.82 Å². The molecule has 2 atom stereocenters. The lowest BCUT2D eigenvalue weighted by Gasteiger charge is -2.15. The van der Waals surface area contributed by atoms with Crippen molar-refractivity contribution in [3.63, 3.8) is 0 Å². The fourth-order valence-electron chi connectivity index (χ4n) is 1.47. The number of hydrogen-bond acceptors (Lipinski definition) is 1. The van der Waals surface area contributed by atoms with Crippen molar-refractivity contribution >= 4 is 0 Å². The monoisotopic (exact) mass is 180 g/mol. The Morgan fingerprint density at radius 1 is 1.38 bits per heavy atom. The first kappa shape index (κ1) is 8.70. The molecular formula is C11H13FO. The summed E-state index contributed by atoms with van der Waals surface area (Å²) in [5, 5.41) is 0. The van der Waals surface area contributed by atoms with Crippen LogP contribution in [0.15, 0.2) is 24.3 Å². The van der Waals surface area contributed by atoms with Crippen LogP contribution in [0.4, 0.5) is 4.39 Å². The molecular weight excluding hydrogens is 167 g/mol. The van der Waals surface area contributed by atoms with Gasteiger partial charge in [0.25, 0.3) is 0 Å². The predicted octanol–water partition coefficient (Wildman–Crippen LogP) is 2.72. The van der Waals surface area contributed by atoms with Gasteiger partial charge in [-0.2, -0.15) is 0 Å². The van der Waals surface area contributed by atoms with Crippen molar-refractivity contribution in [3.8, 4) is 0 Å². The minimum absolute atomic E-state index is 0.0160. The standard InChI is InChI=1S/C11H13FO/c1-8(11(2)7-13-11)9-3-5-10(12)6-4-9/h3-6,8H,7H2,1-2H3. The summed E-state index contributed by atoms with van der Waals surface area (Å²) in [6, 6.07) is 6.65. The molecule has 1 aromatic carbocycles. The second-order valence-electron chi connectivity index (χ2n) is 3.87. The third-order valence-corrected chi connectivity index (χ3v) is 2.89. The Bertz CT molecular complexity index is 300. The van der Waals surface area contributed by atoms with Gasteiger partial charge < -0.3 is 4.74 Å². The van der Waals surface area contributed by atoms with Gasteiger partial charge in [-0.15, -0.1) is 0 Å². The Balaban J connectivity index is 2.20. The first-order chi connectivity index (χ1) is 6.12. The summed E-state index contributed by atoms with van der Waals surface area (Å²) in [7, 11) is 0. The number of benzene rings is 1. The highest BCUT2D eigenvalue weighted by molar-refractivity contribution is 5.24. The summed E-state index contributed by atoms with van der Waals surface area (Å²) in [6.45, 7) is 5.01. The molecule has 0 aliphatic carbocycles. The van der Waals surface area contributed by atoms with Gasteiger partial charge in [0.2, 0.25) is 0 Å². The van der Waals surface area contributed by atoms with E-state index in [0.717, 1.165) is 12.2 Å². The molecule has 1 nitrogen and oxygen atoms in total. The SMILES string of the molecule is CC(c1ccc(F)cc1)C1(C)CO1. The Kier molecular flexibility index (Phi) is 1.88. The number of rotatable bonds is 2. The molecule has 1 fully saturated rings. The van der Waals surface area contributed by atoms with Gasteiger partial charge in [-0.1, -0.05) is 19.1 Å². The normalized spacial score (nSPS) is 28.5. The van der Waals surface area contributed by atoms with Crippen molar-refractivity contribution in [1.82, 2.24) is 0 Å². The number of hydrogen-bond donors (Lipinski definition) is 0. The van der Waals surface area contributed by atoms with Gasteiger partial charge in [-0.05, 0) is 24.6 Å². The molecule has 13 heavy (non-hydrogen) atoms. The Morgan fingerprint density at radius 3 is 2.38 bits per heavy atom. The van der Waals surface area contributed by atoms with Crippen molar-refractivity contribution in [2.24, 2.45) is 0 Å². The minimum Gasteiger partial charge on any atom is -0.369 e. The van der Waals surface area contributed by atoms with Crippen molar-refractivity contribution in [1.29, 1.82) is 0 Å². The van der Waals surface area contributed by atoms with E-state index in [1.807, 2.05) is 12.1 Å². The van der Waals surface area contributed by atoms with Crippen LogP contribution < -0.4 is 0 Å². The lowest BCUT2D eigenvalue weighted by atomic mass is 9.89. The van der Waals surface area contributed by atoms with E-state index in [1.54, 1.807) is 0 Å². The van der Waals surface area contributed by atoms with Crippen molar-refractivity contribution < 1.29 is 9.13 Å². The summed E-state index contributed by atoms with van der Waals surface area (Å²) in [5.41, 5.74) is 1.12. The van der Waals surface area contributed by atoms with Crippen molar-refractivity contribution in [3.05, 3.63) is 35.6 Å². The molecule has 2 unspecified atom stereocenters. The van der Waals surface area contributed by atoms with Crippen molar-refractivity contribution in [2.45, 2.75) is 25.4 Å². The molecule has 0 spiro atoms. The van der Waals surface area contributed by atoms with Crippen LogP contribution in [0.1, 0.15) is 25.3 Å². The zero-order valence-corrected chi connectivity index (χ0v) is 7.88. The van der Waals surface area contributed by atoms with Crippen LogP contribution in [-0.4, -0.2) is 12.2 Å². The quantitative estimate of drug-likeness (QED) is 0.637. The average molecular weight is 180 g/mol. The maximum atomic E-state index is 12.6. The Morgan fingerprint density at radius 2 is 1.92 bits per heavy atom. The molecule has 1 aromatic rings. The smallest absolute Gasteiger partial charge is 0.123 e. The van der Waals surface area contributed by atoms with E-state index in [9.17, 15) is 4.39 Å². The zero-order valence-electron chi connectivity index (χ0n) is 7.88. The number of ether oxygens (including phenoxy) is 1. The minimum atomic E-state index is -0.183. The first-order valence-corrected chi connectivity index (χ1v) is 4.51. The van der Waals surface area contributed by atoms with Crippen LogP contribution in [0.2, 0.25) is 0 Å². The second kappa shape index (κ2) is 2.81. The molecule has 1 saturated heterocycles. The highest BCUT2D eigenvalue weighted by Crippen LogP contribution is 2.40. The third kappa shape index (κ3) is 1.59. The maximum Gasteiger partial charge on any atom is 0.123 e. The fraction of sp³-hybridized carbons (Fsp3) is 0.455. The summed E-state index contributed by atoms with van der Waals surface area (Å²) in [4.78, 5) is 0. The summed E-state index contributed by atoms with van der Waals surface area (Å²) in [5.74, 6) is 0.158. The molecule has 70 valence electrons. The van der Waals surface area contributed by atoms with Gasteiger partial charge in [0.15, 0.2) is 0 Å². The summed E-state index contributed by atoms with van der Waals surface area (Å²) >= 11 is 0.